The number of benzene rings is 1. The molecule has 0 spiro atoms. The fourth-order valence-corrected chi connectivity index (χ4v) is 2.05. The lowest BCUT2D eigenvalue weighted by atomic mass is 10.2. The van der Waals surface area contributed by atoms with E-state index < -0.39 is 0 Å². The van der Waals surface area contributed by atoms with E-state index >= 15 is 0 Å². The molecule has 0 saturated carbocycles. The number of aryl methyl sites for hydroxylation is 2. The number of nitrogens with zero attached hydrogens (tertiary/aromatic N) is 1. The molecule has 0 unspecified atom stereocenters. The summed E-state index contributed by atoms with van der Waals surface area (Å²) >= 11 is 5.88. The molecular weight excluding hydrogens is 272 g/mol. The highest BCUT2D eigenvalue weighted by molar-refractivity contribution is 6.30. The minimum atomic E-state index is -0.220. The molecule has 3 nitrogen and oxygen atoms in total. The van der Waals surface area contributed by atoms with E-state index in [1.54, 1.807) is 18.2 Å². The second-order valence-corrected chi connectivity index (χ2v) is 4.99. The van der Waals surface area contributed by atoms with Gasteiger partial charge in [-0.15, -0.1) is 0 Å². The van der Waals surface area contributed by atoms with E-state index in [4.69, 9.17) is 11.6 Å². The van der Waals surface area contributed by atoms with Crippen LogP contribution in [0.15, 0.2) is 42.5 Å². The van der Waals surface area contributed by atoms with Gasteiger partial charge in [0, 0.05) is 16.8 Å². The number of carbonyl (C=O) groups is 1. The number of amides is 1. The van der Waals surface area contributed by atoms with Gasteiger partial charge in [-0.1, -0.05) is 23.7 Å². The number of rotatable bonds is 3. The highest BCUT2D eigenvalue weighted by Crippen LogP contribution is 2.12. The predicted octanol–water partition coefficient (Wildman–Crippen LogP) is 4.00. The number of pyridine rings is 1. The van der Waals surface area contributed by atoms with Crippen LogP contribution in [0.25, 0.3) is 6.08 Å². The second kappa shape index (κ2) is 6.35. The zero-order valence-corrected chi connectivity index (χ0v) is 12.1. The van der Waals surface area contributed by atoms with Crippen LogP contribution in [0.4, 0.5) is 5.82 Å². The lowest BCUT2D eigenvalue weighted by molar-refractivity contribution is -0.111. The molecule has 4 heteroatoms. The van der Waals surface area contributed by atoms with Gasteiger partial charge in [0.2, 0.25) is 5.91 Å². The summed E-state index contributed by atoms with van der Waals surface area (Å²) in [6, 6.07) is 11.1. The van der Waals surface area contributed by atoms with E-state index in [2.05, 4.69) is 10.3 Å². The summed E-state index contributed by atoms with van der Waals surface area (Å²) in [5.41, 5.74) is 2.81. The Hall–Kier alpha value is -2.13. The molecule has 102 valence electrons. The lowest BCUT2D eigenvalue weighted by Gasteiger charge is -2.04. The standard InChI is InChI=1S/C16H15ClN2O/c1-11-8-12(2)18-15(9-11)19-16(20)7-6-13-4-3-5-14(17)10-13/h3-10H,1-2H3,(H,18,19,20). The van der Waals surface area contributed by atoms with Gasteiger partial charge in [-0.2, -0.15) is 0 Å². The summed E-state index contributed by atoms with van der Waals surface area (Å²) in [5.74, 6) is 0.339. The quantitative estimate of drug-likeness (QED) is 0.867. The summed E-state index contributed by atoms with van der Waals surface area (Å²) < 4.78 is 0. The topological polar surface area (TPSA) is 42.0 Å². The van der Waals surface area contributed by atoms with E-state index in [9.17, 15) is 4.79 Å². The Kier molecular flexibility index (Phi) is 4.53. The van der Waals surface area contributed by atoms with Crippen LogP contribution in [0.5, 0.6) is 0 Å². The van der Waals surface area contributed by atoms with E-state index in [1.165, 1.54) is 6.08 Å². The Bertz CT molecular complexity index is 645. The average molecular weight is 287 g/mol. The summed E-state index contributed by atoms with van der Waals surface area (Å²) in [6.45, 7) is 3.86. The molecular formula is C16H15ClN2O. The van der Waals surface area contributed by atoms with Gasteiger partial charge in [0.25, 0.3) is 0 Å². The molecule has 0 bridgehead atoms. The maximum atomic E-state index is 11.8. The number of anilines is 1. The number of hydrogen-bond acceptors (Lipinski definition) is 2. The molecule has 2 rings (SSSR count). The molecule has 0 saturated heterocycles. The van der Waals surface area contributed by atoms with Crippen LogP contribution in [-0.4, -0.2) is 10.9 Å². The van der Waals surface area contributed by atoms with Crippen molar-refractivity contribution in [2.75, 3.05) is 5.32 Å². The smallest absolute Gasteiger partial charge is 0.249 e. The third-order valence-corrected chi connectivity index (χ3v) is 2.86. The molecule has 0 atom stereocenters. The maximum Gasteiger partial charge on any atom is 0.249 e. The van der Waals surface area contributed by atoms with Crippen LogP contribution in [0.2, 0.25) is 5.02 Å². The summed E-state index contributed by atoms with van der Waals surface area (Å²) in [4.78, 5) is 16.1. The SMILES string of the molecule is Cc1cc(C)nc(NC(=O)C=Cc2cccc(Cl)c2)c1. The Morgan fingerprint density at radius 2 is 2.05 bits per heavy atom. The van der Waals surface area contributed by atoms with Gasteiger partial charge in [0.1, 0.15) is 5.82 Å². The van der Waals surface area contributed by atoms with Gasteiger partial charge in [-0.3, -0.25) is 4.79 Å². The minimum Gasteiger partial charge on any atom is -0.307 e. The van der Waals surface area contributed by atoms with E-state index in [0.29, 0.717) is 10.8 Å². The number of carbonyl (C=O) groups excluding carboxylic acids is 1. The largest absolute Gasteiger partial charge is 0.307 e. The first kappa shape index (κ1) is 14.3. The Morgan fingerprint density at radius 1 is 1.25 bits per heavy atom. The summed E-state index contributed by atoms with van der Waals surface area (Å²) in [7, 11) is 0. The molecule has 1 heterocycles. The molecule has 1 N–H and O–H groups in total. The molecule has 1 aromatic heterocycles. The lowest BCUT2D eigenvalue weighted by Crippen LogP contribution is -2.09. The molecule has 0 aliphatic rings. The first-order valence-electron chi connectivity index (χ1n) is 6.23. The molecule has 0 aliphatic carbocycles. The average Bonchev–Trinajstić information content (AvgIpc) is 2.35. The molecule has 0 radical (unpaired) electrons. The zero-order valence-electron chi connectivity index (χ0n) is 11.4. The van der Waals surface area contributed by atoms with E-state index in [0.717, 1.165) is 16.8 Å². The van der Waals surface area contributed by atoms with Crippen molar-refractivity contribution in [1.82, 2.24) is 4.98 Å². The van der Waals surface area contributed by atoms with Gasteiger partial charge in [-0.05, 0) is 55.3 Å². The summed E-state index contributed by atoms with van der Waals surface area (Å²) in [6.07, 6.45) is 3.18. The Labute approximate surface area is 123 Å². The van der Waals surface area contributed by atoms with Crippen molar-refractivity contribution in [3.05, 3.63) is 64.3 Å². The van der Waals surface area contributed by atoms with Crippen LogP contribution in [0.3, 0.4) is 0 Å². The Balaban J connectivity index is 2.05. The van der Waals surface area contributed by atoms with Crippen molar-refractivity contribution < 1.29 is 4.79 Å². The number of nitrogens with one attached hydrogen (secondary N) is 1. The third kappa shape index (κ3) is 4.21. The normalized spacial score (nSPS) is 10.8. The van der Waals surface area contributed by atoms with Crippen LogP contribution >= 0.6 is 11.6 Å². The number of aromatic nitrogens is 1. The monoisotopic (exact) mass is 286 g/mol. The van der Waals surface area contributed by atoms with Gasteiger partial charge in [-0.25, -0.2) is 4.98 Å². The van der Waals surface area contributed by atoms with E-state index in [1.807, 2.05) is 38.1 Å². The van der Waals surface area contributed by atoms with Crippen molar-refractivity contribution in [1.29, 1.82) is 0 Å². The third-order valence-electron chi connectivity index (χ3n) is 2.62. The summed E-state index contributed by atoms with van der Waals surface area (Å²) in [5, 5.41) is 3.38. The molecule has 20 heavy (non-hydrogen) atoms. The van der Waals surface area contributed by atoms with Crippen LogP contribution in [0.1, 0.15) is 16.8 Å². The second-order valence-electron chi connectivity index (χ2n) is 4.55. The van der Waals surface area contributed by atoms with Crippen LogP contribution in [0, 0.1) is 13.8 Å². The molecule has 0 aliphatic heterocycles. The van der Waals surface area contributed by atoms with Crippen LogP contribution in [-0.2, 0) is 4.79 Å². The predicted molar refractivity (Wildman–Crippen MR) is 82.8 cm³/mol. The van der Waals surface area contributed by atoms with E-state index in [-0.39, 0.29) is 5.91 Å². The molecule has 1 amide bonds. The van der Waals surface area contributed by atoms with Gasteiger partial charge in [0.05, 0.1) is 0 Å². The first-order chi connectivity index (χ1) is 9.52. The van der Waals surface area contributed by atoms with Gasteiger partial charge < -0.3 is 5.32 Å². The minimum absolute atomic E-state index is 0.220. The number of hydrogen-bond donors (Lipinski definition) is 1. The van der Waals surface area contributed by atoms with Gasteiger partial charge in [0.15, 0.2) is 0 Å². The number of halogens is 1. The first-order valence-corrected chi connectivity index (χ1v) is 6.61. The Morgan fingerprint density at radius 3 is 2.75 bits per heavy atom. The van der Waals surface area contributed by atoms with Crippen molar-refractivity contribution in [3.8, 4) is 0 Å². The molecule has 0 fully saturated rings. The fraction of sp³-hybridized carbons (Fsp3) is 0.125. The van der Waals surface area contributed by atoms with Crippen molar-refractivity contribution in [2.24, 2.45) is 0 Å². The van der Waals surface area contributed by atoms with Crippen LogP contribution < -0.4 is 5.32 Å². The highest BCUT2D eigenvalue weighted by Gasteiger charge is 2.01. The fourth-order valence-electron chi connectivity index (χ4n) is 1.86. The molecule has 1 aromatic carbocycles. The van der Waals surface area contributed by atoms with Crippen molar-refractivity contribution in [3.63, 3.8) is 0 Å². The van der Waals surface area contributed by atoms with Gasteiger partial charge >= 0.3 is 0 Å². The van der Waals surface area contributed by atoms with Crippen molar-refractivity contribution in [2.45, 2.75) is 13.8 Å². The molecule has 2 aromatic rings. The maximum absolute atomic E-state index is 11.8. The zero-order chi connectivity index (χ0) is 14.5. The van der Waals surface area contributed by atoms with Crippen molar-refractivity contribution >= 4 is 29.4 Å². The highest BCUT2D eigenvalue weighted by atomic mass is 35.5.